The Morgan fingerprint density at radius 1 is 1.31 bits per heavy atom. The summed E-state index contributed by atoms with van der Waals surface area (Å²) in [5.41, 5.74) is 5.86. The molecule has 7 heteroatoms. The van der Waals surface area contributed by atoms with Gasteiger partial charge in [-0.3, -0.25) is 4.79 Å². The van der Waals surface area contributed by atoms with Gasteiger partial charge in [0.1, 0.15) is 6.04 Å². The normalized spacial score (nSPS) is 10.8. The van der Waals surface area contributed by atoms with E-state index in [0.29, 0.717) is 5.56 Å². The van der Waals surface area contributed by atoms with Crippen LogP contribution in [0.15, 0.2) is 18.2 Å². The standard InChI is InChI=1S/C9H11NO4.ClH.H3N/c10-6(9(13)14)3-5-1-2-7(11)8(12)4-5;;/h1-2,4,6,11-12H,3,10H2,(H,13,14);1H;1H3. The van der Waals surface area contributed by atoms with Crippen molar-refractivity contribution in [1.29, 1.82) is 0 Å². The Morgan fingerprint density at radius 2 is 1.88 bits per heavy atom. The quantitative estimate of drug-likeness (QED) is 0.499. The highest BCUT2D eigenvalue weighted by atomic mass is 35.5. The zero-order valence-corrected chi connectivity index (χ0v) is 9.28. The molecule has 0 aliphatic carbocycles. The smallest absolute Gasteiger partial charge is 0.320 e. The Labute approximate surface area is 98.7 Å². The Bertz CT molecular complexity index is 359. The summed E-state index contributed by atoms with van der Waals surface area (Å²) in [7, 11) is 0. The molecule has 1 rings (SSSR count). The van der Waals surface area contributed by atoms with Crippen LogP contribution in [0.3, 0.4) is 0 Å². The Balaban J connectivity index is 0. The number of carbonyl (C=O) groups is 1. The van der Waals surface area contributed by atoms with E-state index in [0.717, 1.165) is 0 Å². The van der Waals surface area contributed by atoms with Gasteiger partial charge in [0.25, 0.3) is 0 Å². The van der Waals surface area contributed by atoms with E-state index in [1.165, 1.54) is 18.2 Å². The average molecular weight is 251 g/mol. The van der Waals surface area contributed by atoms with E-state index < -0.39 is 12.0 Å². The molecule has 1 aromatic rings. The summed E-state index contributed by atoms with van der Waals surface area (Å²) in [4.78, 5) is 10.4. The van der Waals surface area contributed by atoms with Crippen molar-refractivity contribution < 1.29 is 20.1 Å². The van der Waals surface area contributed by atoms with E-state index in [2.05, 4.69) is 0 Å². The highest BCUT2D eigenvalue weighted by Gasteiger charge is 2.12. The van der Waals surface area contributed by atoms with Crippen LogP contribution in [-0.2, 0) is 11.2 Å². The first-order chi connectivity index (χ1) is 6.50. The largest absolute Gasteiger partial charge is 0.504 e. The third-order valence-corrected chi connectivity index (χ3v) is 1.81. The number of nitrogens with two attached hydrogens (primary N) is 1. The molecular weight excluding hydrogens is 236 g/mol. The third kappa shape index (κ3) is 4.35. The van der Waals surface area contributed by atoms with Gasteiger partial charge < -0.3 is 27.2 Å². The van der Waals surface area contributed by atoms with Gasteiger partial charge in [0, 0.05) is 0 Å². The van der Waals surface area contributed by atoms with Gasteiger partial charge in [-0.1, -0.05) is 6.07 Å². The van der Waals surface area contributed by atoms with Crippen molar-refractivity contribution in [2.75, 3.05) is 0 Å². The summed E-state index contributed by atoms with van der Waals surface area (Å²) in [6.07, 6.45) is 0.114. The number of phenolic OH excluding ortho intramolecular Hbond substituents is 2. The van der Waals surface area contributed by atoms with Gasteiger partial charge in [0.05, 0.1) is 0 Å². The summed E-state index contributed by atoms with van der Waals surface area (Å²) in [6.45, 7) is 0. The topological polar surface area (TPSA) is 139 Å². The summed E-state index contributed by atoms with van der Waals surface area (Å²) in [5, 5.41) is 26.6. The summed E-state index contributed by atoms with van der Waals surface area (Å²) >= 11 is 0. The number of phenols is 2. The zero-order valence-electron chi connectivity index (χ0n) is 8.46. The number of carboxylic acid groups (broad SMARTS) is 1. The highest BCUT2D eigenvalue weighted by Crippen LogP contribution is 2.25. The van der Waals surface area contributed by atoms with Gasteiger partial charge >= 0.3 is 5.97 Å². The highest BCUT2D eigenvalue weighted by molar-refractivity contribution is 5.85. The van der Waals surface area contributed by atoms with Crippen LogP contribution in [0.1, 0.15) is 5.56 Å². The van der Waals surface area contributed by atoms with Crippen molar-refractivity contribution >= 4 is 18.4 Å². The maximum atomic E-state index is 10.4. The first kappa shape index (κ1) is 16.9. The molecule has 0 radical (unpaired) electrons. The second-order valence-electron chi connectivity index (χ2n) is 2.97. The van der Waals surface area contributed by atoms with Gasteiger partial charge in [-0.25, -0.2) is 0 Å². The van der Waals surface area contributed by atoms with E-state index in [1.54, 1.807) is 0 Å². The molecule has 0 amide bonds. The molecule has 0 bridgehead atoms. The minimum absolute atomic E-state index is 0. The lowest BCUT2D eigenvalue weighted by Gasteiger charge is -2.06. The predicted molar refractivity (Wildman–Crippen MR) is 61.4 cm³/mol. The van der Waals surface area contributed by atoms with Crippen LogP contribution in [0.25, 0.3) is 0 Å². The van der Waals surface area contributed by atoms with Crippen molar-refractivity contribution in [2.45, 2.75) is 12.5 Å². The number of hydrogen-bond donors (Lipinski definition) is 5. The molecule has 0 fully saturated rings. The number of aromatic hydroxyl groups is 2. The maximum Gasteiger partial charge on any atom is 0.320 e. The molecule has 92 valence electrons. The van der Waals surface area contributed by atoms with Crippen LogP contribution >= 0.6 is 12.4 Å². The fourth-order valence-corrected chi connectivity index (χ4v) is 1.04. The van der Waals surface area contributed by atoms with E-state index in [1.807, 2.05) is 0 Å². The molecule has 16 heavy (non-hydrogen) atoms. The lowest BCUT2D eigenvalue weighted by atomic mass is 10.1. The third-order valence-electron chi connectivity index (χ3n) is 1.81. The Kier molecular flexibility index (Phi) is 7.28. The average Bonchev–Trinajstić information content (AvgIpc) is 2.11. The van der Waals surface area contributed by atoms with E-state index >= 15 is 0 Å². The van der Waals surface area contributed by atoms with Crippen molar-refractivity contribution in [3.05, 3.63) is 23.8 Å². The summed E-state index contributed by atoms with van der Waals surface area (Å²) in [6, 6.07) is 3.09. The van der Waals surface area contributed by atoms with Gasteiger partial charge in [0.15, 0.2) is 11.5 Å². The van der Waals surface area contributed by atoms with Crippen LogP contribution < -0.4 is 11.9 Å². The van der Waals surface area contributed by atoms with Gasteiger partial charge in [0.2, 0.25) is 0 Å². The number of benzene rings is 1. The van der Waals surface area contributed by atoms with Crippen molar-refractivity contribution in [1.82, 2.24) is 6.15 Å². The second-order valence-corrected chi connectivity index (χ2v) is 2.97. The van der Waals surface area contributed by atoms with Crippen LogP contribution in [0, 0.1) is 0 Å². The van der Waals surface area contributed by atoms with Gasteiger partial charge in [-0.2, -0.15) is 0 Å². The zero-order chi connectivity index (χ0) is 10.7. The fourth-order valence-electron chi connectivity index (χ4n) is 1.04. The number of aliphatic carboxylic acids is 1. The minimum atomic E-state index is -1.10. The lowest BCUT2D eigenvalue weighted by Crippen LogP contribution is -2.32. The van der Waals surface area contributed by atoms with Crippen molar-refractivity contribution in [3.8, 4) is 11.5 Å². The lowest BCUT2D eigenvalue weighted by molar-refractivity contribution is -0.138. The first-order valence-electron chi connectivity index (χ1n) is 4.00. The van der Waals surface area contributed by atoms with Crippen molar-refractivity contribution in [3.63, 3.8) is 0 Å². The summed E-state index contributed by atoms with van der Waals surface area (Å²) in [5.74, 6) is -1.62. The first-order valence-corrected chi connectivity index (χ1v) is 4.00. The Hall–Kier alpha value is -1.50. The van der Waals surface area contributed by atoms with E-state index in [-0.39, 0.29) is 36.5 Å². The molecule has 1 unspecified atom stereocenters. The van der Waals surface area contributed by atoms with Crippen LogP contribution in [0.2, 0.25) is 0 Å². The van der Waals surface area contributed by atoms with E-state index in [4.69, 9.17) is 21.1 Å². The molecule has 1 aromatic carbocycles. The molecule has 6 nitrogen and oxygen atoms in total. The van der Waals surface area contributed by atoms with Crippen molar-refractivity contribution in [2.24, 2.45) is 5.73 Å². The second kappa shape index (κ2) is 6.89. The fraction of sp³-hybridized carbons (Fsp3) is 0.222. The van der Waals surface area contributed by atoms with E-state index in [9.17, 15) is 4.79 Å². The van der Waals surface area contributed by atoms with Gasteiger partial charge in [-0.15, -0.1) is 12.4 Å². The molecule has 0 spiro atoms. The summed E-state index contributed by atoms with van der Waals surface area (Å²) < 4.78 is 0. The molecule has 8 N–H and O–H groups in total. The van der Waals surface area contributed by atoms with Gasteiger partial charge in [-0.05, 0) is 24.1 Å². The molecule has 0 aliphatic rings. The number of rotatable bonds is 3. The SMILES string of the molecule is Cl.N.NC(Cc1ccc(O)c(O)c1)C(=O)O. The molecule has 0 aromatic heterocycles. The minimum Gasteiger partial charge on any atom is -0.504 e. The number of halogens is 1. The molecule has 0 saturated heterocycles. The molecule has 0 aliphatic heterocycles. The number of hydrogen-bond acceptors (Lipinski definition) is 5. The predicted octanol–water partition coefficient (Wildman–Crippen LogP) is 0.636. The Morgan fingerprint density at radius 3 is 2.31 bits per heavy atom. The van der Waals surface area contributed by atoms with Crippen LogP contribution in [0.5, 0.6) is 11.5 Å². The molecule has 0 saturated carbocycles. The maximum absolute atomic E-state index is 10.4. The van der Waals surface area contributed by atoms with Crippen LogP contribution in [-0.4, -0.2) is 27.3 Å². The molecule has 0 heterocycles. The molecular formula is C9H15ClN2O4. The number of carboxylic acids is 1. The van der Waals surface area contributed by atoms with Crippen LogP contribution in [0.4, 0.5) is 0 Å². The monoisotopic (exact) mass is 250 g/mol. The molecule has 1 atom stereocenters.